The van der Waals surface area contributed by atoms with E-state index in [9.17, 15) is 19.2 Å². The van der Waals surface area contributed by atoms with Crippen LogP contribution >= 0.6 is 11.8 Å². The number of aldehydes is 1. The van der Waals surface area contributed by atoms with E-state index in [1.165, 1.54) is 6.92 Å². The Bertz CT molecular complexity index is 739. The number of aliphatic carboxylic acids is 1. The first kappa shape index (κ1) is 30.8. The van der Waals surface area contributed by atoms with Crippen molar-refractivity contribution in [2.75, 3.05) is 12.4 Å². The number of ketones is 1. The van der Waals surface area contributed by atoms with Crippen LogP contribution < -0.4 is 5.32 Å². The van der Waals surface area contributed by atoms with Gasteiger partial charge in [0.1, 0.15) is 6.04 Å². The van der Waals surface area contributed by atoms with Gasteiger partial charge < -0.3 is 9.84 Å². The molecule has 1 fully saturated rings. The van der Waals surface area contributed by atoms with Crippen molar-refractivity contribution in [1.29, 1.82) is 0 Å². The van der Waals surface area contributed by atoms with Crippen molar-refractivity contribution in [3.8, 4) is 0 Å². The molecule has 8 heteroatoms. The fourth-order valence-corrected chi connectivity index (χ4v) is 4.47. The lowest BCUT2D eigenvalue weighted by molar-refractivity contribution is -0.145. The number of nitrogens with one attached hydrogen (secondary N) is 1. The number of ether oxygens (including phenoxy) is 1. The van der Waals surface area contributed by atoms with E-state index >= 15 is 0 Å². The molecule has 2 N–H and O–H groups in total. The van der Waals surface area contributed by atoms with E-state index in [0.29, 0.717) is 41.7 Å². The molecule has 1 aliphatic heterocycles. The van der Waals surface area contributed by atoms with E-state index in [-0.39, 0.29) is 17.8 Å². The summed E-state index contributed by atoms with van der Waals surface area (Å²) in [6.45, 7) is 9.95. The molecule has 7 nitrogen and oxygen atoms in total. The highest BCUT2D eigenvalue weighted by Gasteiger charge is 2.29. The highest BCUT2D eigenvalue weighted by molar-refractivity contribution is 8.00. The largest absolute Gasteiger partial charge is 0.481 e. The van der Waals surface area contributed by atoms with Gasteiger partial charge in [-0.1, -0.05) is 64.3 Å². The number of carboxylic acids is 1. The zero-order chi connectivity index (χ0) is 25.2. The van der Waals surface area contributed by atoms with Crippen LogP contribution in [0, 0.1) is 5.92 Å². The number of rotatable bonds is 10. The summed E-state index contributed by atoms with van der Waals surface area (Å²) in [7, 11) is 0. The van der Waals surface area contributed by atoms with Crippen LogP contribution in [0.25, 0.3) is 0 Å². The number of benzene rings is 1. The fraction of sp³-hybridized carbons (Fsp3) is 0.600. The molecule has 1 heterocycles. The molecule has 0 aromatic heterocycles. The molecule has 0 aliphatic carbocycles. The zero-order valence-electron chi connectivity index (χ0n) is 20.5. The van der Waals surface area contributed by atoms with Crippen molar-refractivity contribution in [3.63, 3.8) is 0 Å². The second-order valence-corrected chi connectivity index (χ2v) is 9.07. The molecule has 0 spiro atoms. The highest BCUT2D eigenvalue weighted by Crippen LogP contribution is 2.22. The maximum atomic E-state index is 11.3. The number of esters is 1. The van der Waals surface area contributed by atoms with Gasteiger partial charge in [-0.15, -0.1) is 11.8 Å². The van der Waals surface area contributed by atoms with E-state index in [1.807, 2.05) is 25.6 Å². The minimum Gasteiger partial charge on any atom is -0.481 e. The molecule has 1 aliphatic rings. The Morgan fingerprint density at radius 3 is 2.36 bits per heavy atom. The van der Waals surface area contributed by atoms with Crippen LogP contribution in [0.2, 0.25) is 0 Å². The molecule has 0 radical (unpaired) electrons. The maximum absolute atomic E-state index is 11.3. The third-order valence-corrected chi connectivity index (χ3v) is 6.04. The number of thioether (sulfide) groups is 1. The van der Waals surface area contributed by atoms with Crippen LogP contribution in [0.3, 0.4) is 0 Å². The predicted octanol–water partition coefficient (Wildman–Crippen LogP) is 4.98. The van der Waals surface area contributed by atoms with Gasteiger partial charge in [0.2, 0.25) is 0 Å². The third-order valence-electron chi connectivity index (χ3n) is 4.74. The van der Waals surface area contributed by atoms with E-state index < -0.39 is 5.97 Å². The minimum atomic E-state index is -0.684. The molecule has 1 aromatic rings. The average molecular weight is 482 g/mol. The quantitative estimate of drug-likeness (QED) is 0.273. The fourth-order valence-electron chi connectivity index (χ4n) is 3.15. The lowest BCUT2D eigenvalue weighted by Crippen LogP contribution is -2.37. The number of hydrogen-bond donors (Lipinski definition) is 2. The van der Waals surface area contributed by atoms with Crippen molar-refractivity contribution in [1.82, 2.24) is 5.32 Å². The Morgan fingerprint density at radius 2 is 1.88 bits per heavy atom. The normalized spacial score (nSPS) is 17.5. The first-order chi connectivity index (χ1) is 15.7. The molecule has 33 heavy (non-hydrogen) atoms. The summed E-state index contributed by atoms with van der Waals surface area (Å²) >= 11 is 1.82. The smallest absolute Gasteiger partial charge is 0.324 e. The van der Waals surface area contributed by atoms with Gasteiger partial charge in [-0.3, -0.25) is 24.5 Å². The molecule has 0 saturated carbocycles. The number of Topliss-reactive ketones (excluding diaryl/α,β-unsaturated/α-hetero) is 1. The van der Waals surface area contributed by atoms with Gasteiger partial charge >= 0.3 is 11.9 Å². The summed E-state index contributed by atoms with van der Waals surface area (Å²) in [5.41, 5.74) is 0.947. The summed E-state index contributed by atoms with van der Waals surface area (Å²) in [6.07, 6.45) is 5.38. The number of carbonyl (C=O) groups excluding carboxylic acids is 3. The Labute approximate surface area is 202 Å². The van der Waals surface area contributed by atoms with E-state index in [1.54, 1.807) is 24.3 Å². The lowest BCUT2D eigenvalue weighted by atomic mass is 10.0. The van der Waals surface area contributed by atoms with E-state index in [2.05, 4.69) is 19.2 Å². The van der Waals surface area contributed by atoms with Gasteiger partial charge in [0.05, 0.1) is 12.0 Å². The molecule has 2 rings (SSSR count). The summed E-state index contributed by atoms with van der Waals surface area (Å²) in [4.78, 5) is 42.6. The first-order valence-electron chi connectivity index (χ1n) is 11.5. The molecule has 3 atom stereocenters. The van der Waals surface area contributed by atoms with Gasteiger partial charge in [-0.2, -0.15) is 0 Å². The van der Waals surface area contributed by atoms with Crippen molar-refractivity contribution >= 4 is 35.8 Å². The van der Waals surface area contributed by atoms with Crippen LogP contribution in [0.1, 0.15) is 87.4 Å². The Kier molecular flexibility index (Phi) is 17.0. The Hall–Kier alpha value is -2.19. The lowest BCUT2D eigenvalue weighted by Gasteiger charge is -2.11. The Balaban J connectivity index is 0.000000475. The molecule has 0 amide bonds. The summed E-state index contributed by atoms with van der Waals surface area (Å²) < 4.78 is 4.94. The van der Waals surface area contributed by atoms with E-state index in [0.717, 1.165) is 31.4 Å². The molecule has 186 valence electrons. The number of hydrogen-bond acceptors (Lipinski definition) is 7. The van der Waals surface area contributed by atoms with Crippen molar-refractivity contribution in [3.05, 3.63) is 35.4 Å². The minimum absolute atomic E-state index is 0.0762. The second-order valence-electron chi connectivity index (χ2n) is 7.83. The number of carboxylic acid groups (broad SMARTS) is 1. The number of carbonyl (C=O) groups is 4. The topological polar surface area (TPSA) is 110 Å². The van der Waals surface area contributed by atoms with Gasteiger partial charge in [0, 0.05) is 23.3 Å². The van der Waals surface area contributed by atoms with Gasteiger partial charge in [0.25, 0.3) is 0 Å². The average Bonchev–Trinajstić information content (AvgIpc) is 3.23. The standard InChI is InChI=1S/C9H17NO2S.C9H8O2.C7H14O2/c1-3-5-8-10-7(6-13-8)9(11)12-4-2;1-7(11)9-5-3-2-4-8(9)6-10;1-3-4-6(2)5-7(8)9/h7-8,10H,3-6H2,1-2H3;2-6H,1H3;6H,3-5H2,1-2H3,(H,8,9). The van der Waals surface area contributed by atoms with Gasteiger partial charge in [-0.05, 0) is 26.2 Å². The van der Waals surface area contributed by atoms with Crippen molar-refractivity contribution in [2.45, 2.75) is 78.1 Å². The SMILES string of the molecule is CC(=O)c1ccccc1C=O.CCCC(C)CC(=O)O.CCCC1NC(C(=O)OCC)CS1. The van der Waals surface area contributed by atoms with Gasteiger partial charge in [-0.25, -0.2) is 0 Å². The molecule has 1 aromatic carbocycles. The van der Waals surface area contributed by atoms with Crippen LogP contribution in [0.15, 0.2) is 24.3 Å². The van der Waals surface area contributed by atoms with E-state index in [4.69, 9.17) is 9.84 Å². The Morgan fingerprint density at radius 1 is 1.21 bits per heavy atom. The maximum Gasteiger partial charge on any atom is 0.324 e. The molecule has 0 bridgehead atoms. The summed E-state index contributed by atoms with van der Waals surface area (Å²) in [5, 5.41) is 12.0. The van der Waals surface area contributed by atoms with Crippen molar-refractivity contribution < 1.29 is 29.0 Å². The summed E-state index contributed by atoms with van der Waals surface area (Å²) in [5.74, 6) is 0.327. The molecule has 1 saturated heterocycles. The van der Waals surface area contributed by atoms with Gasteiger partial charge in [0.15, 0.2) is 12.1 Å². The summed E-state index contributed by atoms with van der Waals surface area (Å²) in [6, 6.07) is 6.66. The second kappa shape index (κ2) is 18.3. The molecular weight excluding hydrogens is 442 g/mol. The van der Waals surface area contributed by atoms with Crippen LogP contribution in [-0.2, 0) is 14.3 Å². The predicted molar refractivity (Wildman–Crippen MR) is 133 cm³/mol. The van der Waals surface area contributed by atoms with Crippen LogP contribution in [-0.4, -0.2) is 52.9 Å². The first-order valence-corrected chi connectivity index (χ1v) is 12.6. The van der Waals surface area contributed by atoms with Crippen LogP contribution in [0.4, 0.5) is 0 Å². The highest BCUT2D eigenvalue weighted by atomic mass is 32.2. The monoisotopic (exact) mass is 481 g/mol. The van der Waals surface area contributed by atoms with Crippen molar-refractivity contribution in [2.24, 2.45) is 5.92 Å². The van der Waals surface area contributed by atoms with Crippen LogP contribution in [0.5, 0.6) is 0 Å². The molecular formula is C25H39NO6S. The third kappa shape index (κ3) is 13.8. The zero-order valence-corrected chi connectivity index (χ0v) is 21.3. The molecule has 3 unspecified atom stereocenters.